The molecule has 0 N–H and O–H groups in total. The van der Waals surface area contributed by atoms with Gasteiger partial charge in [-0.2, -0.15) is 0 Å². The first-order valence-electron chi connectivity index (χ1n) is 8.77. The Morgan fingerprint density at radius 2 is 1.71 bits per heavy atom. The number of hydrogen-bond acceptors (Lipinski definition) is 3. The van der Waals surface area contributed by atoms with Gasteiger partial charge in [-0.15, -0.1) is 0 Å². The highest BCUT2D eigenvalue weighted by Crippen LogP contribution is 2.31. The summed E-state index contributed by atoms with van der Waals surface area (Å²) < 4.78 is 5.44. The average Bonchev–Trinajstić information content (AvgIpc) is 3.45. The molecule has 0 spiro atoms. The summed E-state index contributed by atoms with van der Waals surface area (Å²) in [6, 6.07) is 5.80. The van der Waals surface area contributed by atoms with E-state index < -0.39 is 0 Å². The molecule has 0 bridgehead atoms. The maximum atomic E-state index is 12.8. The number of carbonyl (C=O) groups excluding carboxylic acids is 2. The lowest BCUT2D eigenvalue weighted by Gasteiger charge is -2.35. The predicted molar refractivity (Wildman–Crippen MR) is 92.3 cm³/mol. The molecule has 1 aliphatic carbocycles. The minimum Gasteiger partial charge on any atom is -0.496 e. The lowest BCUT2D eigenvalue weighted by molar-refractivity contribution is -0.134. The van der Waals surface area contributed by atoms with Gasteiger partial charge in [0, 0.05) is 32.1 Å². The zero-order chi connectivity index (χ0) is 17.3. The van der Waals surface area contributed by atoms with Crippen LogP contribution in [0.3, 0.4) is 0 Å². The Kier molecular flexibility index (Phi) is 4.78. The zero-order valence-electron chi connectivity index (χ0n) is 14.7. The topological polar surface area (TPSA) is 49.9 Å². The van der Waals surface area contributed by atoms with Crippen molar-refractivity contribution in [1.29, 1.82) is 0 Å². The molecule has 1 saturated carbocycles. The van der Waals surface area contributed by atoms with Gasteiger partial charge in [0.1, 0.15) is 5.75 Å². The first-order chi connectivity index (χ1) is 11.5. The predicted octanol–water partition coefficient (Wildman–Crippen LogP) is 2.51. The number of methoxy groups -OCH3 is 1. The molecule has 2 fully saturated rings. The molecule has 0 radical (unpaired) electrons. The van der Waals surface area contributed by atoms with Gasteiger partial charge in [0.2, 0.25) is 5.91 Å². The van der Waals surface area contributed by atoms with Crippen LogP contribution in [0, 0.1) is 5.92 Å². The van der Waals surface area contributed by atoms with Gasteiger partial charge in [-0.05, 0) is 36.5 Å². The van der Waals surface area contributed by atoms with Crippen molar-refractivity contribution in [2.75, 3.05) is 33.3 Å². The molecule has 0 unspecified atom stereocenters. The van der Waals surface area contributed by atoms with E-state index in [0.29, 0.717) is 43.4 Å². The number of amides is 2. The van der Waals surface area contributed by atoms with Gasteiger partial charge in [-0.1, -0.05) is 19.9 Å². The summed E-state index contributed by atoms with van der Waals surface area (Å²) in [6.45, 7) is 6.68. The highest BCUT2D eigenvalue weighted by Gasteiger charge is 2.35. The summed E-state index contributed by atoms with van der Waals surface area (Å²) in [7, 11) is 1.60. The second-order valence-corrected chi connectivity index (χ2v) is 7.01. The summed E-state index contributed by atoms with van der Waals surface area (Å²) in [4.78, 5) is 28.7. The van der Waals surface area contributed by atoms with E-state index in [9.17, 15) is 9.59 Å². The summed E-state index contributed by atoms with van der Waals surface area (Å²) in [5.41, 5.74) is 1.76. The molecule has 3 rings (SSSR count). The molecule has 5 nitrogen and oxygen atoms in total. The smallest absolute Gasteiger partial charge is 0.257 e. The van der Waals surface area contributed by atoms with Crippen LogP contribution in [0.2, 0.25) is 0 Å². The van der Waals surface area contributed by atoms with E-state index in [1.807, 2.05) is 28.0 Å². The molecule has 1 aliphatic heterocycles. The molecule has 1 saturated heterocycles. The van der Waals surface area contributed by atoms with Crippen LogP contribution in [0.4, 0.5) is 0 Å². The fourth-order valence-corrected chi connectivity index (χ4v) is 3.13. The minimum absolute atomic E-state index is 0.0133. The monoisotopic (exact) mass is 330 g/mol. The van der Waals surface area contributed by atoms with Gasteiger partial charge in [-0.25, -0.2) is 0 Å². The Bertz CT molecular complexity index is 629. The average molecular weight is 330 g/mol. The van der Waals surface area contributed by atoms with Crippen molar-refractivity contribution in [2.24, 2.45) is 5.92 Å². The molecular formula is C19H26N2O3. The SMILES string of the molecule is COc1cc(C(C)C)ccc1C(=O)N1CCN(C(=O)C2CC2)CC1. The van der Waals surface area contributed by atoms with Crippen molar-refractivity contribution in [3.05, 3.63) is 29.3 Å². The molecule has 2 aliphatic rings. The lowest BCUT2D eigenvalue weighted by Crippen LogP contribution is -2.51. The van der Waals surface area contributed by atoms with E-state index in [1.165, 1.54) is 0 Å². The molecule has 2 amide bonds. The van der Waals surface area contributed by atoms with Crippen LogP contribution < -0.4 is 4.74 Å². The van der Waals surface area contributed by atoms with Gasteiger partial charge in [-0.3, -0.25) is 9.59 Å². The quantitative estimate of drug-likeness (QED) is 0.852. The summed E-state index contributed by atoms with van der Waals surface area (Å²) >= 11 is 0. The Labute approximate surface area is 143 Å². The molecule has 0 aromatic heterocycles. The van der Waals surface area contributed by atoms with Crippen LogP contribution in [0.5, 0.6) is 5.75 Å². The van der Waals surface area contributed by atoms with Crippen molar-refractivity contribution in [3.63, 3.8) is 0 Å². The van der Waals surface area contributed by atoms with E-state index in [-0.39, 0.29) is 17.7 Å². The molecule has 1 aromatic carbocycles. The standard InChI is InChI=1S/C19H26N2O3/c1-13(2)15-6-7-16(17(12-15)24-3)19(23)21-10-8-20(9-11-21)18(22)14-4-5-14/h6-7,12-14H,4-5,8-11H2,1-3H3. The third-order valence-corrected chi connectivity index (χ3v) is 4.93. The van der Waals surface area contributed by atoms with Gasteiger partial charge >= 0.3 is 0 Å². The molecular weight excluding hydrogens is 304 g/mol. The molecule has 24 heavy (non-hydrogen) atoms. The molecule has 1 heterocycles. The van der Waals surface area contributed by atoms with Gasteiger partial charge in [0.25, 0.3) is 5.91 Å². The maximum Gasteiger partial charge on any atom is 0.257 e. The number of rotatable bonds is 4. The van der Waals surface area contributed by atoms with E-state index in [0.717, 1.165) is 18.4 Å². The van der Waals surface area contributed by atoms with Crippen LogP contribution in [0.25, 0.3) is 0 Å². The number of ether oxygens (including phenoxy) is 1. The number of benzene rings is 1. The van der Waals surface area contributed by atoms with E-state index in [4.69, 9.17) is 4.74 Å². The Morgan fingerprint density at radius 3 is 2.25 bits per heavy atom. The third kappa shape index (κ3) is 3.40. The number of hydrogen-bond donors (Lipinski definition) is 0. The van der Waals surface area contributed by atoms with Crippen molar-refractivity contribution >= 4 is 11.8 Å². The van der Waals surface area contributed by atoms with Crippen molar-refractivity contribution < 1.29 is 14.3 Å². The first-order valence-corrected chi connectivity index (χ1v) is 8.77. The van der Waals surface area contributed by atoms with Gasteiger partial charge in [0.05, 0.1) is 12.7 Å². The van der Waals surface area contributed by atoms with Crippen molar-refractivity contribution in [1.82, 2.24) is 9.80 Å². The van der Waals surface area contributed by atoms with Gasteiger partial charge in [0.15, 0.2) is 0 Å². The van der Waals surface area contributed by atoms with E-state index in [2.05, 4.69) is 13.8 Å². The summed E-state index contributed by atoms with van der Waals surface area (Å²) in [5.74, 6) is 1.51. The number of carbonyl (C=O) groups is 2. The van der Waals surface area contributed by atoms with Gasteiger partial charge < -0.3 is 14.5 Å². The Hall–Kier alpha value is -2.04. The highest BCUT2D eigenvalue weighted by atomic mass is 16.5. The molecule has 5 heteroatoms. The summed E-state index contributed by atoms with van der Waals surface area (Å²) in [6.07, 6.45) is 2.05. The second kappa shape index (κ2) is 6.83. The van der Waals surface area contributed by atoms with Crippen molar-refractivity contribution in [3.8, 4) is 5.75 Å². The maximum absolute atomic E-state index is 12.8. The van der Waals surface area contributed by atoms with Crippen LogP contribution >= 0.6 is 0 Å². The summed E-state index contributed by atoms with van der Waals surface area (Å²) in [5, 5.41) is 0. The number of piperazine rings is 1. The second-order valence-electron chi connectivity index (χ2n) is 7.01. The number of nitrogens with zero attached hydrogens (tertiary/aromatic N) is 2. The van der Waals surface area contributed by atoms with E-state index >= 15 is 0 Å². The Balaban J connectivity index is 1.67. The first kappa shape index (κ1) is 16.8. The lowest BCUT2D eigenvalue weighted by atomic mass is 10.0. The third-order valence-electron chi connectivity index (χ3n) is 4.93. The molecule has 130 valence electrons. The highest BCUT2D eigenvalue weighted by molar-refractivity contribution is 5.97. The molecule has 0 atom stereocenters. The van der Waals surface area contributed by atoms with Crippen LogP contribution in [-0.2, 0) is 4.79 Å². The van der Waals surface area contributed by atoms with Crippen LogP contribution in [0.15, 0.2) is 18.2 Å². The van der Waals surface area contributed by atoms with Crippen LogP contribution in [0.1, 0.15) is 48.5 Å². The van der Waals surface area contributed by atoms with E-state index in [1.54, 1.807) is 7.11 Å². The largest absolute Gasteiger partial charge is 0.496 e. The minimum atomic E-state index is -0.0133. The fraction of sp³-hybridized carbons (Fsp3) is 0.579. The zero-order valence-corrected chi connectivity index (χ0v) is 14.7. The Morgan fingerprint density at radius 1 is 1.08 bits per heavy atom. The van der Waals surface area contributed by atoms with Crippen LogP contribution in [-0.4, -0.2) is 54.9 Å². The fourth-order valence-electron chi connectivity index (χ4n) is 3.13. The van der Waals surface area contributed by atoms with Crippen molar-refractivity contribution in [2.45, 2.75) is 32.6 Å². The normalized spacial score (nSPS) is 18.0. The molecule has 1 aromatic rings.